The van der Waals surface area contributed by atoms with Crippen molar-refractivity contribution in [2.75, 3.05) is 0 Å². The van der Waals surface area contributed by atoms with Gasteiger partial charge in [-0.25, -0.2) is 4.79 Å². The molecule has 0 bridgehead atoms. The Kier molecular flexibility index (Phi) is 13.2. The smallest absolute Gasteiger partial charge is 0.450 e. The molecule has 0 saturated carbocycles. The fourth-order valence-corrected chi connectivity index (χ4v) is 2.33. The second kappa shape index (κ2) is 13.7. The Hall–Kier alpha value is -0.730. The summed E-state index contributed by atoms with van der Waals surface area (Å²) in [6.45, 7) is 4.08. The van der Waals surface area contributed by atoms with Gasteiger partial charge in [-0.1, -0.05) is 71.1 Å². The maximum atomic E-state index is 10.3. The van der Waals surface area contributed by atoms with Crippen LogP contribution in [0.4, 0.5) is 4.79 Å². The summed E-state index contributed by atoms with van der Waals surface area (Å²) >= 11 is 0. The minimum Gasteiger partial charge on any atom is -0.450 e. The van der Waals surface area contributed by atoms with E-state index in [1.807, 2.05) is 6.92 Å². The lowest BCUT2D eigenvalue weighted by atomic mass is 10.0. The van der Waals surface area contributed by atoms with Crippen LogP contribution in [0.3, 0.4) is 0 Å². The predicted octanol–water partition coefficient (Wildman–Crippen LogP) is 5.77. The highest BCUT2D eigenvalue weighted by Crippen LogP contribution is 2.13. The second-order valence-corrected chi connectivity index (χ2v) is 5.52. The molecule has 0 aromatic heterocycles. The Balaban J connectivity index is 3.08. The molecule has 0 amide bonds. The summed E-state index contributed by atoms with van der Waals surface area (Å²) in [5.74, 6) is 0. The fourth-order valence-electron chi connectivity index (χ4n) is 2.33. The minimum atomic E-state index is -1.16. The molecule has 19 heavy (non-hydrogen) atoms. The van der Waals surface area contributed by atoms with Crippen molar-refractivity contribution in [2.24, 2.45) is 0 Å². The Labute approximate surface area is 118 Å². The minimum absolute atomic E-state index is 0.156. The number of unbranched alkanes of at least 4 members (excludes halogenated alkanes) is 10. The number of carbonyl (C=O) groups is 1. The number of hydrogen-bond donors (Lipinski definition) is 1. The van der Waals surface area contributed by atoms with Gasteiger partial charge in [-0.05, 0) is 19.8 Å². The molecule has 114 valence electrons. The van der Waals surface area contributed by atoms with Crippen LogP contribution in [0.15, 0.2) is 0 Å². The summed E-state index contributed by atoms with van der Waals surface area (Å²) in [7, 11) is 0. The predicted molar refractivity (Wildman–Crippen MR) is 79.6 cm³/mol. The van der Waals surface area contributed by atoms with Crippen LogP contribution in [0.1, 0.15) is 90.9 Å². The number of hydrogen-bond acceptors (Lipinski definition) is 2. The maximum Gasteiger partial charge on any atom is 0.506 e. The highest BCUT2D eigenvalue weighted by Gasteiger charge is 2.06. The van der Waals surface area contributed by atoms with Crippen LogP contribution in [0.2, 0.25) is 0 Å². The molecule has 0 saturated heterocycles. The monoisotopic (exact) mass is 272 g/mol. The van der Waals surface area contributed by atoms with E-state index in [2.05, 4.69) is 11.7 Å². The van der Waals surface area contributed by atoms with E-state index in [4.69, 9.17) is 5.11 Å². The summed E-state index contributed by atoms with van der Waals surface area (Å²) in [6, 6.07) is 0. The summed E-state index contributed by atoms with van der Waals surface area (Å²) in [4.78, 5) is 10.3. The van der Waals surface area contributed by atoms with Gasteiger partial charge < -0.3 is 9.84 Å². The zero-order valence-electron chi connectivity index (χ0n) is 12.8. The maximum absolute atomic E-state index is 10.3. The third kappa shape index (κ3) is 15.2. The van der Waals surface area contributed by atoms with Crippen LogP contribution < -0.4 is 0 Å². The van der Waals surface area contributed by atoms with Crippen molar-refractivity contribution >= 4 is 6.16 Å². The summed E-state index contributed by atoms with van der Waals surface area (Å²) < 4.78 is 4.66. The van der Waals surface area contributed by atoms with E-state index in [1.54, 1.807) is 0 Å². The number of carboxylic acid groups (broad SMARTS) is 1. The number of rotatable bonds is 13. The molecule has 1 N–H and O–H groups in total. The standard InChI is InChI=1S/C16H32O3/c1-3-4-5-6-7-8-9-10-11-12-13-14-15(2)19-16(17)18/h15H,3-14H2,1-2H3,(H,17,18). The Bertz CT molecular complexity index is 204. The van der Waals surface area contributed by atoms with Gasteiger partial charge in [0.15, 0.2) is 0 Å². The molecule has 3 nitrogen and oxygen atoms in total. The van der Waals surface area contributed by atoms with Crippen molar-refractivity contribution < 1.29 is 14.6 Å². The lowest BCUT2D eigenvalue weighted by Crippen LogP contribution is -2.12. The third-order valence-corrected chi connectivity index (χ3v) is 3.52. The molecule has 0 heterocycles. The molecule has 0 aliphatic rings. The molecular formula is C16H32O3. The second-order valence-electron chi connectivity index (χ2n) is 5.52. The molecule has 1 atom stereocenters. The van der Waals surface area contributed by atoms with Crippen molar-refractivity contribution in [2.45, 2.75) is 97.0 Å². The zero-order chi connectivity index (χ0) is 14.3. The fraction of sp³-hybridized carbons (Fsp3) is 0.938. The molecule has 0 radical (unpaired) electrons. The quantitative estimate of drug-likeness (QED) is 0.342. The van der Waals surface area contributed by atoms with Gasteiger partial charge in [0, 0.05) is 0 Å². The van der Waals surface area contributed by atoms with Crippen LogP contribution >= 0.6 is 0 Å². The van der Waals surface area contributed by atoms with Crippen LogP contribution in [0, 0.1) is 0 Å². The van der Waals surface area contributed by atoms with Crippen LogP contribution in [-0.4, -0.2) is 17.4 Å². The van der Waals surface area contributed by atoms with Gasteiger partial charge in [0.25, 0.3) is 0 Å². The first-order valence-electron chi connectivity index (χ1n) is 8.06. The first-order valence-corrected chi connectivity index (χ1v) is 8.06. The van der Waals surface area contributed by atoms with Gasteiger partial charge in [-0.3, -0.25) is 0 Å². The molecule has 1 unspecified atom stereocenters. The molecular weight excluding hydrogens is 240 g/mol. The van der Waals surface area contributed by atoms with Crippen molar-refractivity contribution in [3.8, 4) is 0 Å². The molecule has 0 spiro atoms. The average molecular weight is 272 g/mol. The van der Waals surface area contributed by atoms with E-state index >= 15 is 0 Å². The highest BCUT2D eigenvalue weighted by atomic mass is 16.7. The van der Waals surface area contributed by atoms with Crippen LogP contribution in [0.25, 0.3) is 0 Å². The molecule has 0 aromatic rings. The molecule has 3 heteroatoms. The SMILES string of the molecule is CCCCCCCCCCCCCC(C)OC(=O)O. The van der Waals surface area contributed by atoms with Gasteiger partial charge in [0.1, 0.15) is 6.10 Å². The summed E-state index contributed by atoms with van der Waals surface area (Å²) in [6.07, 6.45) is 14.0. The van der Waals surface area contributed by atoms with Gasteiger partial charge in [0.2, 0.25) is 0 Å². The largest absolute Gasteiger partial charge is 0.506 e. The lowest BCUT2D eigenvalue weighted by molar-refractivity contribution is 0.0548. The molecule has 0 aliphatic carbocycles. The van der Waals surface area contributed by atoms with E-state index in [0.29, 0.717) is 0 Å². The Morgan fingerprint density at radius 3 is 1.74 bits per heavy atom. The highest BCUT2D eigenvalue weighted by molar-refractivity contribution is 5.56. The first kappa shape index (κ1) is 18.3. The van der Waals surface area contributed by atoms with E-state index < -0.39 is 6.16 Å². The molecule has 0 rings (SSSR count). The van der Waals surface area contributed by atoms with Crippen molar-refractivity contribution in [1.82, 2.24) is 0 Å². The van der Waals surface area contributed by atoms with E-state index in [0.717, 1.165) is 12.8 Å². The van der Waals surface area contributed by atoms with Crippen LogP contribution in [-0.2, 0) is 4.74 Å². The normalized spacial score (nSPS) is 12.3. The Morgan fingerprint density at radius 1 is 0.895 bits per heavy atom. The van der Waals surface area contributed by atoms with Gasteiger partial charge >= 0.3 is 6.16 Å². The summed E-state index contributed by atoms with van der Waals surface area (Å²) in [5.41, 5.74) is 0. The van der Waals surface area contributed by atoms with E-state index in [9.17, 15) is 4.79 Å². The van der Waals surface area contributed by atoms with Gasteiger partial charge in [-0.2, -0.15) is 0 Å². The zero-order valence-corrected chi connectivity index (χ0v) is 12.8. The van der Waals surface area contributed by atoms with Crippen LogP contribution in [0.5, 0.6) is 0 Å². The summed E-state index contributed by atoms with van der Waals surface area (Å²) in [5, 5.41) is 8.44. The third-order valence-electron chi connectivity index (χ3n) is 3.52. The van der Waals surface area contributed by atoms with Gasteiger partial charge in [0.05, 0.1) is 0 Å². The van der Waals surface area contributed by atoms with Gasteiger partial charge in [-0.15, -0.1) is 0 Å². The topological polar surface area (TPSA) is 46.5 Å². The molecule has 0 fully saturated rings. The van der Waals surface area contributed by atoms with Crippen molar-refractivity contribution in [3.05, 3.63) is 0 Å². The van der Waals surface area contributed by atoms with Crippen molar-refractivity contribution in [1.29, 1.82) is 0 Å². The van der Waals surface area contributed by atoms with Crippen molar-refractivity contribution in [3.63, 3.8) is 0 Å². The average Bonchev–Trinajstić information content (AvgIpc) is 2.35. The lowest BCUT2D eigenvalue weighted by Gasteiger charge is -2.09. The Morgan fingerprint density at radius 2 is 1.32 bits per heavy atom. The number of ether oxygens (including phenoxy) is 1. The molecule has 0 aromatic carbocycles. The first-order chi connectivity index (χ1) is 9.16. The van der Waals surface area contributed by atoms with E-state index in [-0.39, 0.29) is 6.10 Å². The molecule has 0 aliphatic heterocycles. The van der Waals surface area contributed by atoms with E-state index in [1.165, 1.54) is 64.2 Å².